The number of aliphatic imine (C=N–C) groups is 1. The zero-order valence-electron chi connectivity index (χ0n) is 14.6. The van der Waals surface area contributed by atoms with Crippen LogP contribution in [0.5, 0.6) is 5.75 Å². The van der Waals surface area contributed by atoms with Crippen LogP contribution >= 0.6 is 10.7 Å². The molecular weight excluding hydrogens is 374 g/mol. The van der Waals surface area contributed by atoms with Gasteiger partial charge in [-0.15, -0.1) is 0 Å². The first-order valence-corrected chi connectivity index (χ1v) is 10.3. The van der Waals surface area contributed by atoms with Crippen LogP contribution in [0.4, 0.5) is 5.69 Å². The lowest BCUT2D eigenvalue weighted by molar-refractivity contribution is -0.131. The van der Waals surface area contributed by atoms with Crippen molar-refractivity contribution in [3.63, 3.8) is 0 Å². The Balaban J connectivity index is 2.02. The lowest BCUT2D eigenvalue weighted by Crippen LogP contribution is -2.30. The van der Waals surface area contributed by atoms with E-state index in [2.05, 4.69) is 13.8 Å². The Morgan fingerprint density at radius 3 is 2.38 bits per heavy atom. The van der Waals surface area contributed by atoms with Gasteiger partial charge in [-0.3, -0.25) is 9.79 Å². The van der Waals surface area contributed by atoms with Gasteiger partial charge >= 0.3 is 5.97 Å². The van der Waals surface area contributed by atoms with Crippen LogP contribution in [-0.4, -0.2) is 20.1 Å². The van der Waals surface area contributed by atoms with Gasteiger partial charge in [-0.05, 0) is 47.9 Å². The van der Waals surface area contributed by atoms with Crippen molar-refractivity contribution in [2.24, 2.45) is 10.4 Å². The molecule has 26 heavy (non-hydrogen) atoms. The fourth-order valence-corrected chi connectivity index (χ4v) is 3.87. The summed E-state index contributed by atoms with van der Waals surface area (Å²) in [6.45, 7) is 5.50. The fourth-order valence-electron chi connectivity index (χ4n) is 3.10. The SMILES string of the molecule is CC(=O)Oc1ccc2c(c1)CC(C)(C)C(c1ccc(S(=O)(=O)Cl)cc1)=N2. The minimum atomic E-state index is -3.75. The van der Waals surface area contributed by atoms with Crippen molar-refractivity contribution in [3.05, 3.63) is 53.6 Å². The number of hydrogen-bond acceptors (Lipinski definition) is 5. The smallest absolute Gasteiger partial charge is 0.308 e. The van der Waals surface area contributed by atoms with Gasteiger partial charge in [-0.25, -0.2) is 8.42 Å². The third-order valence-electron chi connectivity index (χ3n) is 4.23. The average Bonchev–Trinajstić information content (AvgIpc) is 2.52. The number of hydrogen-bond donors (Lipinski definition) is 0. The van der Waals surface area contributed by atoms with Crippen LogP contribution in [0, 0.1) is 5.41 Å². The predicted octanol–water partition coefficient (Wildman–Crippen LogP) is 4.24. The Kier molecular flexibility index (Phi) is 4.67. The molecule has 0 fully saturated rings. The van der Waals surface area contributed by atoms with E-state index in [1.165, 1.54) is 19.1 Å². The molecule has 0 bridgehead atoms. The Bertz CT molecular complexity index is 1010. The largest absolute Gasteiger partial charge is 0.427 e. The summed E-state index contributed by atoms with van der Waals surface area (Å²) < 4.78 is 28.0. The van der Waals surface area contributed by atoms with E-state index < -0.39 is 9.05 Å². The standard InChI is InChI=1S/C19H18ClNO4S/c1-12(22)25-15-6-9-17-14(10-15)11-19(2,3)18(21-17)13-4-7-16(8-5-13)26(20,23)24/h4-10H,11H2,1-3H3. The maximum atomic E-state index is 11.4. The van der Waals surface area contributed by atoms with E-state index in [0.29, 0.717) is 12.2 Å². The van der Waals surface area contributed by atoms with Crippen LogP contribution in [0.1, 0.15) is 31.9 Å². The molecule has 1 aliphatic rings. The van der Waals surface area contributed by atoms with Crippen LogP contribution in [0.15, 0.2) is 52.4 Å². The number of carbonyl (C=O) groups is 1. The molecule has 136 valence electrons. The molecule has 0 N–H and O–H groups in total. The maximum absolute atomic E-state index is 11.4. The number of benzene rings is 2. The van der Waals surface area contributed by atoms with E-state index in [-0.39, 0.29) is 16.3 Å². The van der Waals surface area contributed by atoms with Crippen molar-refractivity contribution >= 4 is 37.1 Å². The zero-order chi connectivity index (χ0) is 19.1. The number of ether oxygens (including phenoxy) is 1. The predicted molar refractivity (Wildman–Crippen MR) is 101 cm³/mol. The second-order valence-electron chi connectivity index (χ2n) is 6.87. The number of carbonyl (C=O) groups excluding carboxylic acids is 1. The van der Waals surface area contributed by atoms with Crippen LogP contribution in [-0.2, 0) is 20.3 Å². The van der Waals surface area contributed by atoms with Gasteiger partial charge in [-0.2, -0.15) is 0 Å². The molecule has 2 aromatic carbocycles. The summed E-state index contributed by atoms with van der Waals surface area (Å²) >= 11 is 0. The van der Waals surface area contributed by atoms with E-state index in [4.69, 9.17) is 20.4 Å². The van der Waals surface area contributed by atoms with Crippen LogP contribution in [0.2, 0.25) is 0 Å². The van der Waals surface area contributed by atoms with Gasteiger partial charge in [0, 0.05) is 23.0 Å². The lowest BCUT2D eigenvalue weighted by atomic mass is 9.76. The highest BCUT2D eigenvalue weighted by molar-refractivity contribution is 8.13. The first kappa shape index (κ1) is 18.6. The third-order valence-corrected chi connectivity index (χ3v) is 5.60. The molecule has 2 aromatic rings. The van der Waals surface area contributed by atoms with E-state index in [1.54, 1.807) is 18.2 Å². The molecule has 0 atom stereocenters. The molecule has 1 aliphatic heterocycles. The van der Waals surface area contributed by atoms with Crippen molar-refractivity contribution in [2.45, 2.75) is 32.1 Å². The Labute approximate surface area is 157 Å². The Hall–Kier alpha value is -2.18. The summed E-state index contributed by atoms with van der Waals surface area (Å²) in [5, 5.41) is 0. The van der Waals surface area contributed by atoms with Crippen LogP contribution in [0.3, 0.4) is 0 Å². The third kappa shape index (κ3) is 3.81. The number of halogens is 1. The van der Waals surface area contributed by atoms with Gasteiger partial charge in [0.25, 0.3) is 9.05 Å². The normalized spacial score (nSPS) is 15.8. The highest BCUT2D eigenvalue weighted by Gasteiger charge is 2.32. The summed E-state index contributed by atoms with van der Waals surface area (Å²) in [7, 11) is 1.63. The molecule has 0 aliphatic carbocycles. The topological polar surface area (TPSA) is 72.8 Å². The van der Waals surface area contributed by atoms with Crippen molar-refractivity contribution < 1.29 is 17.9 Å². The minimum absolute atomic E-state index is 0.0588. The molecule has 0 saturated carbocycles. The molecule has 3 rings (SSSR count). The summed E-state index contributed by atoms with van der Waals surface area (Å²) in [4.78, 5) is 16.0. The molecule has 0 aromatic heterocycles. The molecule has 0 spiro atoms. The molecule has 0 radical (unpaired) electrons. The quantitative estimate of drug-likeness (QED) is 0.445. The molecule has 0 amide bonds. The monoisotopic (exact) mass is 391 g/mol. The van der Waals surface area contributed by atoms with E-state index in [1.807, 2.05) is 12.1 Å². The van der Waals surface area contributed by atoms with Gasteiger partial charge in [-0.1, -0.05) is 26.0 Å². The second kappa shape index (κ2) is 6.52. The molecular formula is C19H18ClNO4S. The molecule has 1 heterocycles. The van der Waals surface area contributed by atoms with Crippen molar-refractivity contribution in [3.8, 4) is 5.75 Å². The van der Waals surface area contributed by atoms with Crippen molar-refractivity contribution in [1.29, 1.82) is 0 Å². The summed E-state index contributed by atoms with van der Waals surface area (Å²) in [5.41, 5.74) is 3.24. The molecule has 7 heteroatoms. The number of fused-ring (bicyclic) bond motifs is 1. The van der Waals surface area contributed by atoms with E-state index in [0.717, 1.165) is 22.5 Å². The maximum Gasteiger partial charge on any atom is 0.308 e. The summed E-state index contributed by atoms with van der Waals surface area (Å²) in [6.07, 6.45) is 0.714. The highest BCUT2D eigenvalue weighted by Crippen LogP contribution is 2.39. The number of esters is 1. The van der Waals surface area contributed by atoms with Crippen LogP contribution < -0.4 is 4.74 Å². The van der Waals surface area contributed by atoms with Crippen molar-refractivity contribution in [1.82, 2.24) is 0 Å². The van der Waals surface area contributed by atoms with Gasteiger partial charge in [0.15, 0.2) is 0 Å². The average molecular weight is 392 g/mol. The summed E-state index contributed by atoms with van der Waals surface area (Å²) in [5.74, 6) is 0.140. The van der Waals surface area contributed by atoms with E-state index in [9.17, 15) is 13.2 Å². The van der Waals surface area contributed by atoms with Crippen molar-refractivity contribution in [2.75, 3.05) is 0 Å². The Morgan fingerprint density at radius 1 is 1.15 bits per heavy atom. The fraction of sp³-hybridized carbons (Fsp3) is 0.263. The first-order chi connectivity index (χ1) is 12.1. The molecule has 0 saturated heterocycles. The molecule has 5 nitrogen and oxygen atoms in total. The van der Waals surface area contributed by atoms with Gasteiger partial charge in [0.1, 0.15) is 5.75 Å². The lowest BCUT2D eigenvalue weighted by Gasteiger charge is -2.32. The highest BCUT2D eigenvalue weighted by atomic mass is 35.7. The zero-order valence-corrected chi connectivity index (χ0v) is 16.2. The van der Waals surface area contributed by atoms with Gasteiger partial charge < -0.3 is 4.74 Å². The first-order valence-electron chi connectivity index (χ1n) is 8.02. The number of nitrogens with zero attached hydrogens (tertiary/aromatic N) is 1. The van der Waals surface area contributed by atoms with Gasteiger partial charge in [0.05, 0.1) is 16.3 Å². The van der Waals surface area contributed by atoms with E-state index >= 15 is 0 Å². The van der Waals surface area contributed by atoms with Crippen LogP contribution in [0.25, 0.3) is 0 Å². The summed E-state index contributed by atoms with van der Waals surface area (Å²) in [6, 6.07) is 11.8. The van der Waals surface area contributed by atoms with Gasteiger partial charge in [0.2, 0.25) is 0 Å². The minimum Gasteiger partial charge on any atom is -0.427 e. The second-order valence-corrected chi connectivity index (χ2v) is 9.43. The number of rotatable bonds is 3. The molecule has 0 unspecified atom stereocenters. The Morgan fingerprint density at radius 2 is 1.81 bits per heavy atom.